The molecule has 0 unspecified atom stereocenters. The van der Waals surface area contributed by atoms with Crippen LogP contribution in [0.1, 0.15) is 6.93 Å². The van der Waals surface area contributed by atoms with Crippen LogP contribution in [0.5, 0.6) is 0 Å². The van der Waals surface area contributed by atoms with Gasteiger partial charge < -0.3 is 19.4 Å². The molecule has 0 N–H and O–H groups in total. The molecular formula is C29H28N6O3. The van der Waals surface area contributed by atoms with Gasteiger partial charge in [-0.15, -0.1) is 0 Å². The van der Waals surface area contributed by atoms with Crippen molar-refractivity contribution in [3.05, 3.63) is 89.6 Å². The van der Waals surface area contributed by atoms with E-state index >= 15 is 0 Å². The minimum absolute atomic E-state index is 0.161. The molecule has 1 amide bonds. The average Bonchev–Trinajstić information content (AvgIpc) is 2.97. The van der Waals surface area contributed by atoms with E-state index in [9.17, 15) is 9.59 Å². The molecule has 0 aliphatic carbocycles. The number of nitrogens with zero attached hydrogens (tertiary/aromatic N) is 6. The molecule has 1 saturated heterocycles. The molecule has 0 spiro atoms. The number of aryl methyl sites for hydroxylation is 1. The average molecular weight is 510 g/mol. The second-order valence-electron chi connectivity index (χ2n) is 9.32. The van der Waals surface area contributed by atoms with Gasteiger partial charge in [-0.3, -0.25) is 14.2 Å². The fraction of sp³-hybridized carbons (Fsp3) is 0.241. The molecule has 0 bridgehead atoms. The first-order valence-electron chi connectivity index (χ1n) is 13.1. The first kappa shape index (κ1) is 22.7. The largest absolute Gasteiger partial charge is 0.378 e. The lowest BCUT2D eigenvalue weighted by molar-refractivity contribution is -0.114. The summed E-state index contributed by atoms with van der Waals surface area (Å²) in [5.74, 6) is -0.183. The van der Waals surface area contributed by atoms with Crippen molar-refractivity contribution in [1.29, 1.82) is 0 Å². The van der Waals surface area contributed by atoms with Crippen LogP contribution >= 0.6 is 0 Å². The van der Waals surface area contributed by atoms with Crippen LogP contribution in [0.3, 0.4) is 0 Å². The van der Waals surface area contributed by atoms with Gasteiger partial charge in [0, 0.05) is 43.4 Å². The molecule has 0 saturated carbocycles. The van der Waals surface area contributed by atoms with E-state index in [0.29, 0.717) is 48.7 Å². The maximum Gasteiger partial charge on any atom is 0.280 e. The monoisotopic (exact) mass is 509 g/mol. The first-order valence-corrected chi connectivity index (χ1v) is 12.6. The molecule has 2 aromatic heterocycles. The van der Waals surface area contributed by atoms with Crippen molar-refractivity contribution >= 4 is 39.7 Å². The van der Waals surface area contributed by atoms with Crippen molar-refractivity contribution in [2.45, 2.75) is 6.92 Å². The van der Waals surface area contributed by atoms with Gasteiger partial charge in [0.15, 0.2) is 5.65 Å². The lowest BCUT2D eigenvalue weighted by atomic mass is 10.1. The number of hydrogen-bond acceptors (Lipinski definition) is 7. The van der Waals surface area contributed by atoms with Gasteiger partial charge in [0.25, 0.3) is 11.5 Å². The lowest BCUT2D eigenvalue weighted by Gasteiger charge is -2.38. The van der Waals surface area contributed by atoms with Gasteiger partial charge in [-0.05, 0) is 55.0 Å². The molecular weight excluding hydrogens is 480 g/mol. The zero-order valence-electron chi connectivity index (χ0n) is 22.1. The molecule has 192 valence electrons. The van der Waals surface area contributed by atoms with Crippen LogP contribution in [0, 0.1) is 6.92 Å². The number of morpholine rings is 1. The molecule has 38 heavy (non-hydrogen) atoms. The predicted molar refractivity (Wildman–Crippen MR) is 149 cm³/mol. The second-order valence-corrected chi connectivity index (χ2v) is 9.32. The smallest absolute Gasteiger partial charge is 0.280 e. The zero-order valence-corrected chi connectivity index (χ0v) is 21.1. The van der Waals surface area contributed by atoms with Crippen LogP contribution in [0.2, 0.25) is 0 Å². The van der Waals surface area contributed by atoms with E-state index < -0.39 is 0 Å². The number of benzene rings is 2. The Balaban J connectivity index is 1.51. The van der Waals surface area contributed by atoms with Crippen molar-refractivity contribution in [3.8, 4) is 5.69 Å². The number of ether oxygens (including phenoxy) is 1. The molecule has 0 atom stereocenters. The van der Waals surface area contributed by atoms with Crippen LogP contribution in [-0.2, 0) is 9.53 Å². The van der Waals surface area contributed by atoms with Crippen molar-refractivity contribution in [2.75, 3.05) is 54.1 Å². The first-order chi connectivity index (χ1) is 19.0. The number of pyridine rings is 1. The Bertz CT molecular complexity index is 1650. The molecule has 9 heteroatoms. The Hall–Kier alpha value is -4.50. The maximum absolute atomic E-state index is 14.2. The summed E-state index contributed by atoms with van der Waals surface area (Å²) in [6, 6.07) is 15.3. The predicted octanol–water partition coefficient (Wildman–Crippen LogP) is 3.60. The number of rotatable bonds is 4. The van der Waals surface area contributed by atoms with Crippen molar-refractivity contribution in [3.63, 3.8) is 0 Å². The zero-order chi connectivity index (χ0) is 27.1. The molecule has 2 aliphatic heterocycles. The van der Waals surface area contributed by atoms with E-state index in [0.717, 1.165) is 35.7 Å². The number of amides is 1. The van der Waals surface area contributed by atoms with Gasteiger partial charge in [0.1, 0.15) is 13.4 Å². The van der Waals surface area contributed by atoms with Crippen LogP contribution < -0.4 is 20.3 Å². The van der Waals surface area contributed by atoms with Crippen LogP contribution in [-0.4, -0.2) is 59.8 Å². The molecule has 2 aromatic carbocycles. The van der Waals surface area contributed by atoms with Gasteiger partial charge in [-0.25, -0.2) is 9.97 Å². The van der Waals surface area contributed by atoms with E-state index in [1.54, 1.807) is 21.7 Å². The Labute approximate surface area is 221 Å². The van der Waals surface area contributed by atoms with Crippen molar-refractivity contribution in [1.82, 2.24) is 14.5 Å². The summed E-state index contributed by atoms with van der Waals surface area (Å²) in [6.45, 7) is 9.42. The molecule has 1 fully saturated rings. The fourth-order valence-corrected chi connectivity index (χ4v) is 5.29. The van der Waals surface area contributed by atoms with E-state index in [4.69, 9.17) is 6.11 Å². The van der Waals surface area contributed by atoms with Gasteiger partial charge in [0.2, 0.25) is 0 Å². The van der Waals surface area contributed by atoms with Crippen LogP contribution in [0.15, 0.2) is 78.5 Å². The Morgan fingerprint density at radius 3 is 2.58 bits per heavy atom. The number of aromatic nitrogens is 3. The van der Waals surface area contributed by atoms with Gasteiger partial charge in [0.05, 0.1) is 30.3 Å². The third kappa shape index (κ3) is 4.01. The third-order valence-electron chi connectivity index (χ3n) is 7.14. The normalized spacial score (nSPS) is 15.8. The van der Waals surface area contributed by atoms with Crippen molar-refractivity contribution in [2.24, 2.45) is 0 Å². The summed E-state index contributed by atoms with van der Waals surface area (Å²) < 4.78 is 15.0. The second kappa shape index (κ2) is 9.75. The number of fused-ring (bicyclic) bond motifs is 2. The highest BCUT2D eigenvalue weighted by molar-refractivity contribution is 6.05. The number of carbonyl (C=O) groups excluding carboxylic acids is 1. The summed E-state index contributed by atoms with van der Waals surface area (Å²) in [5.41, 5.74) is 4.69. The molecule has 4 aromatic rings. The Morgan fingerprint density at radius 2 is 1.82 bits per heavy atom. The lowest BCUT2D eigenvalue weighted by Crippen LogP contribution is -2.43. The molecule has 6 rings (SSSR count). The number of hydrogen-bond donors (Lipinski definition) is 0. The van der Waals surface area contributed by atoms with Crippen LogP contribution in [0.4, 0.5) is 22.7 Å². The standard InChI is InChI=1S/C29H28N6O3/c1-3-26(36)34-12-11-33(24-6-4-5-20(2)27(24)34)25-17-21-18-30-19-31-28(21)35(29(25)37)23-9-7-22(8-10-23)32-13-15-38-16-14-32/h3-10,17-19H,1,11-16H2,2H3/i19D. The minimum Gasteiger partial charge on any atom is -0.378 e. The van der Waals surface area contributed by atoms with Gasteiger partial charge in [-0.2, -0.15) is 0 Å². The van der Waals surface area contributed by atoms with Crippen LogP contribution in [0.25, 0.3) is 16.7 Å². The summed E-state index contributed by atoms with van der Waals surface area (Å²) in [5, 5.41) is 0.636. The number of anilines is 4. The summed E-state index contributed by atoms with van der Waals surface area (Å²) >= 11 is 0. The third-order valence-corrected chi connectivity index (χ3v) is 7.14. The molecule has 2 aliphatic rings. The maximum atomic E-state index is 14.2. The van der Waals surface area contributed by atoms with E-state index in [1.807, 2.05) is 54.3 Å². The van der Waals surface area contributed by atoms with E-state index in [1.165, 1.54) is 6.08 Å². The minimum atomic E-state index is -0.268. The number of carbonyl (C=O) groups is 1. The van der Waals surface area contributed by atoms with Gasteiger partial charge >= 0.3 is 0 Å². The topological polar surface area (TPSA) is 83.8 Å². The highest BCUT2D eigenvalue weighted by atomic mass is 16.5. The molecule has 9 nitrogen and oxygen atoms in total. The summed E-state index contributed by atoms with van der Waals surface area (Å²) in [7, 11) is 0. The quantitative estimate of drug-likeness (QED) is 0.389. The Morgan fingerprint density at radius 1 is 1.05 bits per heavy atom. The highest BCUT2D eigenvalue weighted by Crippen LogP contribution is 2.39. The van der Waals surface area contributed by atoms with Gasteiger partial charge in [-0.1, -0.05) is 18.7 Å². The highest BCUT2D eigenvalue weighted by Gasteiger charge is 2.30. The van der Waals surface area contributed by atoms with E-state index in [2.05, 4.69) is 21.4 Å². The van der Waals surface area contributed by atoms with Crippen molar-refractivity contribution < 1.29 is 10.9 Å². The Kier molecular flexibility index (Phi) is 5.82. The van der Waals surface area contributed by atoms with E-state index in [-0.39, 0.29) is 17.8 Å². The summed E-state index contributed by atoms with van der Waals surface area (Å²) in [6.07, 6.45) is 2.72. The molecule has 4 heterocycles. The molecule has 0 radical (unpaired) electrons. The fourth-order valence-electron chi connectivity index (χ4n) is 5.29. The summed E-state index contributed by atoms with van der Waals surface area (Å²) in [4.78, 5) is 41.2. The number of para-hydroxylation sites is 1. The SMILES string of the molecule is [2H]c1ncc2cc(N3CCN(C(=O)C=C)c4c(C)cccc43)c(=O)n(-c3ccc(N4CCOCC4)cc3)c2n1.